The second-order valence-corrected chi connectivity index (χ2v) is 6.54. The minimum absolute atomic E-state index is 0.736. The Morgan fingerprint density at radius 1 is 1.26 bits per heavy atom. The molecule has 3 rings (SSSR count). The average Bonchev–Trinajstić information content (AvgIpc) is 3.03. The van der Waals surface area contributed by atoms with Crippen molar-refractivity contribution in [2.24, 2.45) is 12.5 Å². The Morgan fingerprint density at radius 3 is 2.63 bits per heavy atom. The summed E-state index contributed by atoms with van der Waals surface area (Å²) < 4.78 is 2.01. The molecule has 19 heavy (non-hydrogen) atoms. The zero-order chi connectivity index (χ0) is 13.1. The van der Waals surface area contributed by atoms with E-state index in [1.54, 1.807) is 6.33 Å². The van der Waals surface area contributed by atoms with Crippen molar-refractivity contribution in [2.75, 3.05) is 6.54 Å². The molecule has 4 nitrogen and oxygen atoms in total. The number of hydrogen-bond acceptors (Lipinski definition) is 3. The highest BCUT2D eigenvalue weighted by atomic mass is 15.2. The molecule has 1 heterocycles. The van der Waals surface area contributed by atoms with E-state index in [0.29, 0.717) is 0 Å². The summed E-state index contributed by atoms with van der Waals surface area (Å²) in [6.45, 7) is 1.03. The standard InChI is InChI=1S/C15H26N4/c1-19-12-17-18-14(19)6-11-16-13-4-9-15(10-5-13)7-2-3-8-15/h12-13,16H,2-11H2,1H3. The maximum atomic E-state index is 4.13. The van der Waals surface area contributed by atoms with Crippen LogP contribution in [-0.4, -0.2) is 27.4 Å². The number of aromatic nitrogens is 3. The van der Waals surface area contributed by atoms with Gasteiger partial charge in [-0.25, -0.2) is 0 Å². The van der Waals surface area contributed by atoms with Gasteiger partial charge >= 0.3 is 0 Å². The van der Waals surface area contributed by atoms with Crippen molar-refractivity contribution >= 4 is 0 Å². The van der Waals surface area contributed by atoms with Crippen molar-refractivity contribution in [1.82, 2.24) is 20.1 Å². The molecule has 106 valence electrons. The van der Waals surface area contributed by atoms with Crippen molar-refractivity contribution in [1.29, 1.82) is 0 Å². The Balaban J connectivity index is 1.39. The first-order valence-electron chi connectivity index (χ1n) is 7.84. The monoisotopic (exact) mass is 262 g/mol. The Hall–Kier alpha value is -0.900. The van der Waals surface area contributed by atoms with Gasteiger partial charge < -0.3 is 9.88 Å². The largest absolute Gasteiger partial charge is 0.321 e. The molecule has 4 heteroatoms. The second-order valence-electron chi connectivity index (χ2n) is 6.54. The lowest BCUT2D eigenvalue weighted by Crippen LogP contribution is -2.37. The summed E-state index contributed by atoms with van der Waals surface area (Å²) in [4.78, 5) is 0. The fourth-order valence-electron chi connectivity index (χ4n) is 3.98. The number of nitrogens with zero attached hydrogens (tertiary/aromatic N) is 3. The Kier molecular flexibility index (Phi) is 3.87. The van der Waals surface area contributed by atoms with Crippen LogP contribution >= 0.6 is 0 Å². The minimum atomic E-state index is 0.736. The Bertz CT molecular complexity index is 396. The molecule has 1 N–H and O–H groups in total. The maximum absolute atomic E-state index is 4.13. The molecule has 2 aliphatic rings. The SMILES string of the molecule is Cn1cnnc1CCNC1CCC2(CCCC2)CC1. The quantitative estimate of drug-likeness (QED) is 0.906. The van der Waals surface area contributed by atoms with E-state index in [1.165, 1.54) is 51.4 Å². The third kappa shape index (κ3) is 2.99. The van der Waals surface area contributed by atoms with E-state index in [2.05, 4.69) is 15.5 Å². The van der Waals surface area contributed by atoms with E-state index < -0.39 is 0 Å². The third-order valence-corrected chi connectivity index (χ3v) is 5.30. The van der Waals surface area contributed by atoms with Gasteiger partial charge in [0.25, 0.3) is 0 Å². The normalized spacial score (nSPS) is 23.2. The Labute approximate surface area is 116 Å². The van der Waals surface area contributed by atoms with Gasteiger partial charge in [-0.1, -0.05) is 12.8 Å². The van der Waals surface area contributed by atoms with Gasteiger partial charge in [0.05, 0.1) is 0 Å². The van der Waals surface area contributed by atoms with Crippen molar-refractivity contribution in [3.05, 3.63) is 12.2 Å². The topological polar surface area (TPSA) is 42.7 Å². The van der Waals surface area contributed by atoms with Crippen LogP contribution in [-0.2, 0) is 13.5 Å². The molecule has 0 bridgehead atoms. The third-order valence-electron chi connectivity index (χ3n) is 5.30. The fraction of sp³-hybridized carbons (Fsp3) is 0.867. The molecular weight excluding hydrogens is 236 g/mol. The summed E-state index contributed by atoms with van der Waals surface area (Å²) >= 11 is 0. The molecule has 0 atom stereocenters. The highest BCUT2D eigenvalue weighted by Crippen LogP contribution is 2.48. The van der Waals surface area contributed by atoms with Crippen LogP contribution in [0.5, 0.6) is 0 Å². The van der Waals surface area contributed by atoms with E-state index in [4.69, 9.17) is 0 Å². The zero-order valence-corrected chi connectivity index (χ0v) is 12.1. The van der Waals surface area contributed by atoms with Crippen LogP contribution in [0.2, 0.25) is 0 Å². The molecule has 2 fully saturated rings. The van der Waals surface area contributed by atoms with Gasteiger partial charge in [0, 0.05) is 26.1 Å². The molecule has 0 aliphatic heterocycles. The van der Waals surface area contributed by atoms with Crippen LogP contribution in [0.4, 0.5) is 0 Å². The summed E-state index contributed by atoms with van der Waals surface area (Å²) in [5.74, 6) is 1.08. The summed E-state index contributed by atoms with van der Waals surface area (Å²) in [7, 11) is 2.01. The smallest absolute Gasteiger partial charge is 0.133 e. The first-order valence-corrected chi connectivity index (χ1v) is 7.84. The summed E-state index contributed by atoms with van der Waals surface area (Å²) in [6, 6.07) is 0.736. The van der Waals surface area contributed by atoms with E-state index >= 15 is 0 Å². The first kappa shape index (κ1) is 13.1. The molecule has 1 aromatic rings. The first-order chi connectivity index (χ1) is 9.27. The molecule has 0 unspecified atom stereocenters. The number of rotatable bonds is 4. The van der Waals surface area contributed by atoms with Gasteiger partial charge in [0.2, 0.25) is 0 Å². The summed E-state index contributed by atoms with van der Waals surface area (Å²) in [6.07, 6.45) is 14.4. The number of aryl methyl sites for hydroxylation is 1. The van der Waals surface area contributed by atoms with Crippen LogP contribution in [0.1, 0.15) is 57.2 Å². The lowest BCUT2D eigenvalue weighted by Gasteiger charge is -2.37. The van der Waals surface area contributed by atoms with Gasteiger partial charge in [-0.2, -0.15) is 0 Å². The predicted octanol–water partition coefficient (Wildman–Crippen LogP) is 2.45. The fourth-order valence-corrected chi connectivity index (χ4v) is 3.98. The van der Waals surface area contributed by atoms with Crippen molar-refractivity contribution in [3.8, 4) is 0 Å². The number of nitrogens with one attached hydrogen (secondary N) is 1. The summed E-state index contributed by atoms with van der Waals surface area (Å²) in [5, 5.41) is 11.8. The molecule has 1 spiro atoms. The summed E-state index contributed by atoms with van der Waals surface area (Å²) in [5.41, 5.74) is 0.752. The highest BCUT2D eigenvalue weighted by Gasteiger charge is 2.37. The van der Waals surface area contributed by atoms with Crippen LogP contribution < -0.4 is 5.32 Å². The van der Waals surface area contributed by atoms with Gasteiger partial charge in [0.15, 0.2) is 0 Å². The van der Waals surface area contributed by atoms with E-state index in [-0.39, 0.29) is 0 Å². The van der Waals surface area contributed by atoms with Gasteiger partial charge in [-0.05, 0) is 43.9 Å². The van der Waals surface area contributed by atoms with Crippen LogP contribution in [0.25, 0.3) is 0 Å². The molecule has 0 radical (unpaired) electrons. The van der Waals surface area contributed by atoms with E-state index in [0.717, 1.165) is 30.2 Å². The molecular formula is C15H26N4. The molecule has 2 aliphatic carbocycles. The van der Waals surface area contributed by atoms with Crippen LogP contribution in [0.15, 0.2) is 6.33 Å². The minimum Gasteiger partial charge on any atom is -0.321 e. The van der Waals surface area contributed by atoms with Crippen LogP contribution in [0, 0.1) is 5.41 Å². The van der Waals surface area contributed by atoms with Crippen molar-refractivity contribution < 1.29 is 0 Å². The van der Waals surface area contributed by atoms with Gasteiger partial charge in [-0.15, -0.1) is 10.2 Å². The predicted molar refractivity (Wildman–Crippen MR) is 75.9 cm³/mol. The molecule has 0 aromatic carbocycles. The molecule has 2 saturated carbocycles. The lowest BCUT2D eigenvalue weighted by molar-refractivity contribution is 0.169. The second kappa shape index (κ2) is 5.61. The van der Waals surface area contributed by atoms with Gasteiger partial charge in [-0.3, -0.25) is 0 Å². The van der Waals surface area contributed by atoms with E-state index in [9.17, 15) is 0 Å². The average molecular weight is 262 g/mol. The zero-order valence-electron chi connectivity index (χ0n) is 12.1. The highest BCUT2D eigenvalue weighted by molar-refractivity contribution is 4.92. The van der Waals surface area contributed by atoms with Crippen molar-refractivity contribution in [3.63, 3.8) is 0 Å². The molecule has 0 saturated heterocycles. The Morgan fingerprint density at radius 2 is 2.00 bits per heavy atom. The number of hydrogen-bond donors (Lipinski definition) is 1. The van der Waals surface area contributed by atoms with Crippen LogP contribution in [0.3, 0.4) is 0 Å². The van der Waals surface area contributed by atoms with Gasteiger partial charge in [0.1, 0.15) is 12.2 Å². The lowest BCUT2D eigenvalue weighted by atomic mass is 9.71. The van der Waals surface area contributed by atoms with E-state index in [1.807, 2.05) is 11.6 Å². The molecule has 0 amide bonds. The van der Waals surface area contributed by atoms with Crippen molar-refractivity contribution in [2.45, 2.75) is 63.8 Å². The molecule has 1 aromatic heterocycles. The maximum Gasteiger partial charge on any atom is 0.133 e.